The van der Waals surface area contributed by atoms with Gasteiger partial charge in [0.2, 0.25) is 0 Å². The lowest BCUT2D eigenvalue weighted by molar-refractivity contribution is 0.600. The summed E-state index contributed by atoms with van der Waals surface area (Å²) in [5, 5.41) is 4.67. The quantitative estimate of drug-likeness (QED) is 0.497. The van der Waals surface area contributed by atoms with Gasteiger partial charge in [-0.15, -0.1) is 0 Å². The van der Waals surface area contributed by atoms with Gasteiger partial charge in [0.05, 0.1) is 27.4 Å². The Kier molecular flexibility index (Phi) is 4.57. The predicted molar refractivity (Wildman–Crippen MR) is 110 cm³/mol. The normalized spacial score (nSPS) is 11.9. The average Bonchev–Trinajstić information content (AvgIpc) is 3.15. The second-order valence-corrected chi connectivity index (χ2v) is 8.62. The third-order valence-electron chi connectivity index (χ3n) is 4.23. The molecule has 2 heterocycles. The molecule has 0 fully saturated rings. The van der Waals surface area contributed by atoms with Crippen LogP contribution in [-0.2, 0) is 17.1 Å². The molecule has 4 aromatic rings. The number of sulfonamides is 1. The number of fused-ring (bicyclic) bond motifs is 1. The van der Waals surface area contributed by atoms with Crippen LogP contribution in [0.25, 0.3) is 22.4 Å². The minimum Gasteiger partial charge on any atom is -0.338 e. The minimum atomic E-state index is -3.90. The zero-order valence-corrected chi connectivity index (χ0v) is 17.2. The molecule has 0 radical (unpaired) electrons. The number of anilines is 1. The van der Waals surface area contributed by atoms with Crippen molar-refractivity contribution >= 4 is 49.9 Å². The number of aromatic amines is 1. The zero-order valence-electron chi connectivity index (χ0n) is 14.9. The number of nitrogens with zero attached hydrogens (tertiary/aromatic N) is 3. The van der Waals surface area contributed by atoms with Crippen LogP contribution < -0.4 is 4.72 Å². The van der Waals surface area contributed by atoms with Crippen LogP contribution in [0.2, 0.25) is 10.2 Å². The smallest absolute Gasteiger partial charge is 0.266 e. The SMILES string of the molecule is Cc1nn(C)c(Cl)c1S(=O)(=O)Nc1ccc2nc(-c3ccccc3Cl)[nH]c2c1. The Hall–Kier alpha value is -2.55. The molecule has 0 aliphatic carbocycles. The lowest BCUT2D eigenvalue weighted by atomic mass is 10.2. The van der Waals surface area contributed by atoms with Crippen molar-refractivity contribution in [2.45, 2.75) is 11.8 Å². The fraction of sp³-hybridized carbons (Fsp3) is 0.111. The average molecular weight is 436 g/mol. The fourth-order valence-corrected chi connectivity index (χ4v) is 5.00. The molecule has 0 spiro atoms. The molecule has 7 nitrogen and oxygen atoms in total. The molecule has 0 saturated heterocycles. The summed E-state index contributed by atoms with van der Waals surface area (Å²) in [6.07, 6.45) is 0. The van der Waals surface area contributed by atoms with Gasteiger partial charge in [0, 0.05) is 12.6 Å². The third kappa shape index (κ3) is 3.23. The Balaban J connectivity index is 1.71. The molecule has 0 bridgehead atoms. The van der Waals surface area contributed by atoms with Crippen LogP contribution in [0.3, 0.4) is 0 Å². The number of imidazole rings is 1. The molecular weight excluding hydrogens is 421 g/mol. The van der Waals surface area contributed by atoms with Crippen LogP contribution in [0, 0.1) is 6.92 Å². The Morgan fingerprint density at radius 1 is 1.14 bits per heavy atom. The number of benzene rings is 2. The molecule has 0 aliphatic rings. The molecule has 0 saturated carbocycles. The summed E-state index contributed by atoms with van der Waals surface area (Å²) in [4.78, 5) is 7.65. The number of aryl methyl sites for hydroxylation is 2. The molecule has 28 heavy (non-hydrogen) atoms. The minimum absolute atomic E-state index is 0.0434. The monoisotopic (exact) mass is 435 g/mol. The first-order valence-electron chi connectivity index (χ1n) is 8.23. The summed E-state index contributed by atoms with van der Waals surface area (Å²) in [6, 6.07) is 12.4. The largest absolute Gasteiger partial charge is 0.338 e. The highest BCUT2D eigenvalue weighted by molar-refractivity contribution is 7.92. The Bertz CT molecular complexity index is 1310. The zero-order chi connectivity index (χ0) is 20.1. The van der Waals surface area contributed by atoms with E-state index in [1.807, 2.05) is 18.2 Å². The van der Waals surface area contributed by atoms with Crippen molar-refractivity contribution in [2.24, 2.45) is 7.05 Å². The van der Waals surface area contributed by atoms with E-state index >= 15 is 0 Å². The van der Waals surface area contributed by atoms with Gasteiger partial charge >= 0.3 is 0 Å². The second kappa shape index (κ2) is 6.80. The van der Waals surface area contributed by atoms with E-state index in [9.17, 15) is 8.42 Å². The highest BCUT2D eigenvalue weighted by Crippen LogP contribution is 2.30. The van der Waals surface area contributed by atoms with Crippen LogP contribution in [0.5, 0.6) is 0 Å². The van der Waals surface area contributed by atoms with Gasteiger partial charge in [-0.25, -0.2) is 13.4 Å². The fourth-order valence-electron chi connectivity index (χ4n) is 2.98. The molecule has 2 N–H and O–H groups in total. The molecule has 4 rings (SSSR count). The molecule has 144 valence electrons. The molecule has 10 heteroatoms. The van der Waals surface area contributed by atoms with Crippen molar-refractivity contribution in [3.63, 3.8) is 0 Å². The van der Waals surface area contributed by atoms with Crippen LogP contribution in [-0.4, -0.2) is 28.2 Å². The Morgan fingerprint density at radius 3 is 2.57 bits per heavy atom. The number of hydrogen-bond donors (Lipinski definition) is 2. The molecule has 2 aromatic heterocycles. The molecule has 0 aliphatic heterocycles. The standard InChI is InChI=1S/C18H15Cl2N5O2S/c1-10-16(17(20)25(2)23-10)28(26,27)24-11-7-8-14-15(9-11)22-18(21-14)12-5-3-4-6-13(12)19/h3-9,24H,1-2H3,(H,21,22). The van der Waals surface area contributed by atoms with Gasteiger partial charge < -0.3 is 4.98 Å². The Labute approximate surface area is 171 Å². The van der Waals surface area contributed by atoms with Gasteiger partial charge in [0.25, 0.3) is 10.0 Å². The van der Waals surface area contributed by atoms with E-state index in [0.29, 0.717) is 33.3 Å². The predicted octanol–water partition coefficient (Wildman–Crippen LogP) is 4.38. The molecule has 0 atom stereocenters. The summed E-state index contributed by atoms with van der Waals surface area (Å²) >= 11 is 12.3. The van der Waals surface area contributed by atoms with Gasteiger partial charge in [-0.05, 0) is 37.3 Å². The maximum atomic E-state index is 12.8. The lowest BCUT2D eigenvalue weighted by Gasteiger charge is -2.07. The Morgan fingerprint density at radius 2 is 1.89 bits per heavy atom. The highest BCUT2D eigenvalue weighted by Gasteiger charge is 2.25. The van der Waals surface area contributed by atoms with Crippen LogP contribution in [0.1, 0.15) is 5.69 Å². The van der Waals surface area contributed by atoms with Crippen LogP contribution in [0.15, 0.2) is 47.4 Å². The highest BCUT2D eigenvalue weighted by atomic mass is 35.5. The first-order chi connectivity index (χ1) is 13.3. The summed E-state index contributed by atoms with van der Waals surface area (Å²) in [5.74, 6) is 0.603. The van der Waals surface area contributed by atoms with Gasteiger partial charge in [0.1, 0.15) is 15.9 Å². The van der Waals surface area contributed by atoms with Crippen LogP contribution in [0.4, 0.5) is 5.69 Å². The maximum absolute atomic E-state index is 12.8. The van der Waals surface area contributed by atoms with Crippen LogP contribution >= 0.6 is 23.2 Å². The van der Waals surface area contributed by atoms with E-state index < -0.39 is 10.0 Å². The lowest BCUT2D eigenvalue weighted by Crippen LogP contribution is -2.14. The topological polar surface area (TPSA) is 92.7 Å². The first kappa shape index (κ1) is 18.8. The van der Waals surface area contributed by atoms with Crippen molar-refractivity contribution in [1.29, 1.82) is 0 Å². The van der Waals surface area contributed by atoms with E-state index in [1.54, 1.807) is 38.2 Å². The maximum Gasteiger partial charge on any atom is 0.266 e. The van der Waals surface area contributed by atoms with Crippen molar-refractivity contribution in [1.82, 2.24) is 19.7 Å². The number of halogens is 2. The summed E-state index contributed by atoms with van der Waals surface area (Å²) in [6.45, 7) is 1.59. The number of hydrogen-bond acceptors (Lipinski definition) is 4. The van der Waals surface area contributed by atoms with E-state index in [4.69, 9.17) is 23.2 Å². The number of H-pyrrole nitrogens is 1. The summed E-state index contributed by atoms with van der Waals surface area (Å²) in [7, 11) is -2.31. The summed E-state index contributed by atoms with van der Waals surface area (Å²) in [5.41, 5.74) is 2.82. The van der Waals surface area contributed by atoms with Gasteiger partial charge in [0.15, 0.2) is 0 Å². The van der Waals surface area contributed by atoms with Crippen molar-refractivity contribution < 1.29 is 8.42 Å². The first-order valence-corrected chi connectivity index (χ1v) is 10.5. The van der Waals surface area contributed by atoms with Gasteiger partial charge in [-0.3, -0.25) is 9.40 Å². The molecule has 0 amide bonds. The number of aromatic nitrogens is 4. The van der Waals surface area contributed by atoms with Crippen molar-refractivity contribution in [3.05, 3.63) is 58.3 Å². The van der Waals surface area contributed by atoms with E-state index in [1.165, 1.54) is 4.68 Å². The number of nitrogens with one attached hydrogen (secondary N) is 2. The summed E-state index contributed by atoms with van der Waals surface area (Å²) < 4.78 is 29.4. The molecule has 2 aromatic carbocycles. The van der Waals surface area contributed by atoms with E-state index in [2.05, 4.69) is 19.8 Å². The van der Waals surface area contributed by atoms with Gasteiger partial charge in [-0.1, -0.05) is 35.3 Å². The number of rotatable bonds is 4. The van der Waals surface area contributed by atoms with Crippen molar-refractivity contribution in [3.8, 4) is 11.4 Å². The van der Waals surface area contributed by atoms with Gasteiger partial charge in [-0.2, -0.15) is 5.10 Å². The van der Waals surface area contributed by atoms with E-state index in [0.717, 1.165) is 5.56 Å². The molecule has 0 unspecified atom stereocenters. The molecular formula is C18H15Cl2N5O2S. The third-order valence-corrected chi connectivity index (χ3v) is 6.64. The second-order valence-electron chi connectivity index (χ2n) is 6.23. The van der Waals surface area contributed by atoms with E-state index in [-0.39, 0.29) is 10.0 Å². The van der Waals surface area contributed by atoms with Crippen molar-refractivity contribution in [2.75, 3.05) is 4.72 Å².